The Bertz CT molecular complexity index is 250. The molecule has 1 N–H and O–H groups in total. The van der Waals surface area contributed by atoms with Crippen molar-refractivity contribution in [2.24, 2.45) is 5.41 Å². The Kier molecular flexibility index (Phi) is 4.13. The summed E-state index contributed by atoms with van der Waals surface area (Å²) in [6, 6.07) is 0. The minimum absolute atomic E-state index is 0.197. The van der Waals surface area contributed by atoms with Crippen molar-refractivity contribution in [3.63, 3.8) is 0 Å². The third-order valence-corrected chi connectivity index (χ3v) is 4.14. The average molecular weight is 308 g/mol. The van der Waals surface area contributed by atoms with E-state index in [4.69, 9.17) is 0 Å². The van der Waals surface area contributed by atoms with E-state index in [9.17, 15) is 9.90 Å². The van der Waals surface area contributed by atoms with Gasteiger partial charge in [-0.05, 0) is 26.2 Å². The molecular formula is C11H17IO2. The van der Waals surface area contributed by atoms with Gasteiger partial charge in [0.05, 0.1) is 11.5 Å². The molecule has 0 aromatic rings. The Labute approximate surface area is 98.9 Å². The van der Waals surface area contributed by atoms with Crippen molar-refractivity contribution in [1.29, 1.82) is 0 Å². The lowest BCUT2D eigenvalue weighted by Crippen LogP contribution is -2.43. The maximum atomic E-state index is 11.8. The van der Waals surface area contributed by atoms with Crippen molar-refractivity contribution < 1.29 is 9.90 Å². The molecule has 3 heteroatoms. The van der Waals surface area contributed by atoms with Crippen molar-refractivity contribution >= 4 is 28.4 Å². The Balaban J connectivity index is 2.76. The number of aliphatic hydroxyl groups excluding tert-OH is 1. The number of rotatable bonds is 3. The van der Waals surface area contributed by atoms with E-state index in [1.807, 2.05) is 6.92 Å². The van der Waals surface area contributed by atoms with Gasteiger partial charge in [-0.25, -0.2) is 0 Å². The van der Waals surface area contributed by atoms with Crippen molar-refractivity contribution in [1.82, 2.24) is 0 Å². The van der Waals surface area contributed by atoms with Crippen LogP contribution in [0.25, 0.3) is 0 Å². The molecule has 80 valence electrons. The molecular weight excluding hydrogens is 291 g/mol. The highest BCUT2D eigenvalue weighted by molar-refractivity contribution is 14.1. The first-order chi connectivity index (χ1) is 6.50. The van der Waals surface area contributed by atoms with E-state index >= 15 is 0 Å². The molecule has 14 heavy (non-hydrogen) atoms. The molecule has 2 nitrogen and oxygen atoms in total. The summed E-state index contributed by atoms with van der Waals surface area (Å²) in [5.41, 5.74) is 0.475. The fraction of sp³-hybridized carbons (Fsp3) is 0.727. The minimum Gasteiger partial charge on any atom is -0.392 e. The van der Waals surface area contributed by atoms with E-state index in [1.54, 1.807) is 0 Å². The predicted molar refractivity (Wildman–Crippen MR) is 65.6 cm³/mol. The lowest BCUT2D eigenvalue weighted by atomic mass is 9.69. The summed E-state index contributed by atoms with van der Waals surface area (Å²) >= 11 is 2.24. The van der Waals surface area contributed by atoms with Crippen molar-refractivity contribution in [3.05, 3.63) is 12.2 Å². The standard InChI is InChI=1S/C11H17IO2/c1-8(7-12)6-11(2)9(13)4-3-5-10(11)14/h9,13H,1,3-7H2,2H3/t9-,11-/m0/s1. The van der Waals surface area contributed by atoms with Gasteiger partial charge in [0.1, 0.15) is 5.78 Å². The number of aliphatic hydroxyl groups is 1. The zero-order valence-electron chi connectivity index (χ0n) is 8.55. The lowest BCUT2D eigenvalue weighted by Gasteiger charge is -2.37. The highest BCUT2D eigenvalue weighted by Crippen LogP contribution is 2.38. The van der Waals surface area contributed by atoms with Gasteiger partial charge < -0.3 is 5.11 Å². The summed E-state index contributed by atoms with van der Waals surface area (Å²) in [7, 11) is 0. The molecule has 1 fully saturated rings. The number of Topliss-reactive ketones (excluding diaryl/α,β-unsaturated/α-hetero) is 1. The second-order valence-electron chi connectivity index (χ2n) is 4.31. The van der Waals surface area contributed by atoms with Crippen LogP contribution in [0.1, 0.15) is 32.6 Å². The SMILES string of the molecule is C=C(CI)C[C@]1(C)C(=O)CCC[C@@H]1O. The smallest absolute Gasteiger partial charge is 0.141 e. The minimum atomic E-state index is -0.569. The van der Waals surface area contributed by atoms with Crippen LogP contribution in [-0.2, 0) is 4.79 Å². The predicted octanol–water partition coefficient (Wildman–Crippen LogP) is 2.49. The molecule has 2 atom stereocenters. The first-order valence-electron chi connectivity index (χ1n) is 4.94. The third kappa shape index (κ3) is 2.37. The summed E-state index contributed by atoms with van der Waals surface area (Å²) in [6.07, 6.45) is 2.34. The molecule has 0 radical (unpaired) electrons. The van der Waals surface area contributed by atoms with E-state index in [0.29, 0.717) is 12.8 Å². The van der Waals surface area contributed by atoms with E-state index < -0.39 is 11.5 Å². The van der Waals surface area contributed by atoms with Gasteiger partial charge in [-0.15, -0.1) is 0 Å². The number of allylic oxidation sites excluding steroid dienone is 1. The molecule has 0 unspecified atom stereocenters. The fourth-order valence-electron chi connectivity index (χ4n) is 2.03. The van der Waals surface area contributed by atoms with E-state index in [2.05, 4.69) is 29.2 Å². The number of carbonyl (C=O) groups excluding carboxylic acids is 1. The van der Waals surface area contributed by atoms with Crippen LogP contribution in [0, 0.1) is 5.41 Å². The monoisotopic (exact) mass is 308 g/mol. The Morgan fingerprint density at radius 1 is 1.79 bits per heavy atom. The highest BCUT2D eigenvalue weighted by Gasteiger charge is 2.42. The molecule has 1 saturated carbocycles. The van der Waals surface area contributed by atoms with Gasteiger partial charge in [0.2, 0.25) is 0 Å². The summed E-state index contributed by atoms with van der Waals surface area (Å²) in [5, 5.41) is 9.88. The molecule has 1 aliphatic carbocycles. The summed E-state index contributed by atoms with van der Waals surface area (Å²) in [5.74, 6) is 0.197. The lowest BCUT2D eigenvalue weighted by molar-refractivity contribution is -0.138. The molecule has 0 amide bonds. The van der Waals surface area contributed by atoms with Crippen LogP contribution in [0.5, 0.6) is 0 Å². The fourth-order valence-corrected chi connectivity index (χ4v) is 2.30. The molecule has 0 aromatic heterocycles. The van der Waals surface area contributed by atoms with Gasteiger partial charge in [0.25, 0.3) is 0 Å². The zero-order valence-corrected chi connectivity index (χ0v) is 10.7. The Morgan fingerprint density at radius 3 is 2.93 bits per heavy atom. The summed E-state index contributed by atoms with van der Waals surface area (Å²) in [6.45, 7) is 5.78. The van der Waals surface area contributed by atoms with E-state index in [0.717, 1.165) is 22.8 Å². The zero-order chi connectivity index (χ0) is 10.8. The Morgan fingerprint density at radius 2 is 2.43 bits per heavy atom. The van der Waals surface area contributed by atoms with Gasteiger partial charge in [-0.1, -0.05) is 34.7 Å². The third-order valence-electron chi connectivity index (χ3n) is 3.06. The number of alkyl halides is 1. The molecule has 0 aliphatic heterocycles. The van der Waals surface area contributed by atoms with Gasteiger partial charge in [-0.3, -0.25) is 4.79 Å². The van der Waals surface area contributed by atoms with Gasteiger partial charge >= 0.3 is 0 Å². The van der Waals surface area contributed by atoms with Crippen LogP contribution in [0.4, 0.5) is 0 Å². The van der Waals surface area contributed by atoms with Gasteiger partial charge in [0.15, 0.2) is 0 Å². The molecule has 0 spiro atoms. The number of halogens is 1. The second kappa shape index (κ2) is 4.75. The van der Waals surface area contributed by atoms with Crippen LogP contribution < -0.4 is 0 Å². The van der Waals surface area contributed by atoms with Crippen LogP contribution in [0.15, 0.2) is 12.2 Å². The molecule has 1 rings (SSSR count). The number of ketones is 1. The number of carbonyl (C=O) groups is 1. The largest absolute Gasteiger partial charge is 0.392 e. The number of hydrogen-bond donors (Lipinski definition) is 1. The first-order valence-corrected chi connectivity index (χ1v) is 6.47. The summed E-state index contributed by atoms with van der Waals surface area (Å²) in [4.78, 5) is 11.8. The average Bonchev–Trinajstić information content (AvgIpc) is 2.14. The van der Waals surface area contributed by atoms with Crippen molar-refractivity contribution in [2.75, 3.05) is 4.43 Å². The molecule has 0 heterocycles. The maximum absolute atomic E-state index is 11.8. The molecule has 0 saturated heterocycles. The molecule has 0 bridgehead atoms. The van der Waals surface area contributed by atoms with E-state index in [1.165, 1.54) is 0 Å². The van der Waals surface area contributed by atoms with Gasteiger partial charge in [0, 0.05) is 10.8 Å². The maximum Gasteiger partial charge on any atom is 0.141 e. The topological polar surface area (TPSA) is 37.3 Å². The number of hydrogen-bond acceptors (Lipinski definition) is 2. The van der Waals surface area contributed by atoms with Crippen LogP contribution >= 0.6 is 22.6 Å². The van der Waals surface area contributed by atoms with Crippen molar-refractivity contribution in [2.45, 2.75) is 38.7 Å². The second-order valence-corrected chi connectivity index (χ2v) is 5.07. The molecule has 1 aliphatic rings. The van der Waals surface area contributed by atoms with E-state index in [-0.39, 0.29) is 5.78 Å². The van der Waals surface area contributed by atoms with Crippen LogP contribution in [0.3, 0.4) is 0 Å². The van der Waals surface area contributed by atoms with Gasteiger partial charge in [-0.2, -0.15) is 0 Å². The van der Waals surface area contributed by atoms with Crippen molar-refractivity contribution in [3.8, 4) is 0 Å². The van der Waals surface area contributed by atoms with Crippen LogP contribution in [0.2, 0.25) is 0 Å². The Hall–Kier alpha value is 0.1000. The normalized spacial score (nSPS) is 33.1. The van der Waals surface area contributed by atoms with Crippen LogP contribution in [-0.4, -0.2) is 21.4 Å². The quantitative estimate of drug-likeness (QED) is 0.494. The first kappa shape index (κ1) is 12.2. The summed E-state index contributed by atoms with van der Waals surface area (Å²) < 4.78 is 0.855. The highest BCUT2D eigenvalue weighted by atomic mass is 127. The molecule has 0 aromatic carbocycles.